The van der Waals surface area contributed by atoms with Gasteiger partial charge in [-0.15, -0.1) is 0 Å². The van der Waals surface area contributed by atoms with E-state index in [2.05, 4.69) is 15.9 Å². The summed E-state index contributed by atoms with van der Waals surface area (Å²) in [6, 6.07) is 8.15. The van der Waals surface area contributed by atoms with E-state index in [4.69, 9.17) is 5.73 Å². The van der Waals surface area contributed by atoms with Crippen molar-refractivity contribution in [1.82, 2.24) is 0 Å². The molecule has 0 aromatic heterocycles. The smallest absolute Gasteiger partial charge is 0.188 e. The summed E-state index contributed by atoms with van der Waals surface area (Å²) in [5.74, 6) is -2.88. The van der Waals surface area contributed by atoms with Gasteiger partial charge in [0.1, 0.15) is 16.5 Å². The van der Waals surface area contributed by atoms with Crippen molar-refractivity contribution in [3.8, 4) is 0 Å². The minimum Gasteiger partial charge on any atom is -0.399 e. The lowest BCUT2D eigenvalue weighted by Gasteiger charge is -2.09. The number of hydrogen-bond acceptors (Lipinski definition) is 3. The molecule has 2 rings (SSSR count). The van der Waals surface area contributed by atoms with Crippen molar-refractivity contribution in [3.05, 3.63) is 58.1 Å². The normalized spacial score (nSPS) is 11.6. The molecule has 0 atom stereocenters. The van der Waals surface area contributed by atoms with Gasteiger partial charge in [-0.25, -0.2) is 17.2 Å². The average Bonchev–Trinajstić information content (AvgIpc) is 2.30. The van der Waals surface area contributed by atoms with Crippen molar-refractivity contribution in [2.45, 2.75) is 10.6 Å². The van der Waals surface area contributed by atoms with Crippen LogP contribution in [0.25, 0.3) is 0 Å². The van der Waals surface area contributed by atoms with Crippen molar-refractivity contribution < 1.29 is 17.2 Å². The molecule has 0 fully saturated rings. The molecule has 0 radical (unpaired) electrons. The van der Waals surface area contributed by atoms with Crippen molar-refractivity contribution in [3.63, 3.8) is 0 Å². The van der Waals surface area contributed by atoms with Gasteiger partial charge in [-0.1, -0.05) is 34.1 Å². The summed E-state index contributed by atoms with van der Waals surface area (Å²) < 4.78 is 52.3. The predicted molar refractivity (Wildman–Crippen MR) is 75.8 cm³/mol. The van der Waals surface area contributed by atoms with Gasteiger partial charge in [-0.2, -0.15) is 0 Å². The first-order valence-electron chi connectivity index (χ1n) is 5.52. The molecule has 0 spiro atoms. The molecule has 106 valence electrons. The Hall–Kier alpha value is -1.47. The number of halogens is 3. The number of hydrogen-bond donors (Lipinski definition) is 1. The summed E-state index contributed by atoms with van der Waals surface area (Å²) in [6.07, 6.45) is 0. The maximum absolute atomic E-state index is 13.7. The molecule has 0 aliphatic carbocycles. The highest BCUT2D eigenvalue weighted by molar-refractivity contribution is 9.10. The zero-order valence-electron chi connectivity index (χ0n) is 10.1. The SMILES string of the molecule is Nc1cc(F)c(S(=O)(=O)Cc2ccccc2Br)c(F)c1. The zero-order valence-corrected chi connectivity index (χ0v) is 12.5. The number of nitrogen functional groups attached to an aromatic ring is 1. The van der Waals surface area contributed by atoms with Crippen LogP contribution >= 0.6 is 15.9 Å². The van der Waals surface area contributed by atoms with Crippen LogP contribution in [0.5, 0.6) is 0 Å². The van der Waals surface area contributed by atoms with Crippen LogP contribution in [0.3, 0.4) is 0 Å². The van der Waals surface area contributed by atoms with Crippen molar-refractivity contribution in [2.75, 3.05) is 5.73 Å². The zero-order chi connectivity index (χ0) is 14.9. The topological polar surface area (TPSA) is 60.2 Å². The Kier molecular flexibility index (Phi) is 4.10. The van der Waals surface area contributed by atoms with E-state index in [1.807, 2.05) is 0 Å². The van der Waals surface area contributed by atoms with Crippen molar-refractivity contribution in [1.29, 1.82) is 0 Å². The van der Waals surface area contributed by atoms with Crippen LogP contribution in [0.2, 0.25) is 0 Å². The first-order valence-corrected chi connectivity index (χ1v) is 7.96. The first-order chi connectivity index (χ1) is 9.31. The number of nitrogens with two attached hydrogens (primary N) is 1. The quantitative estimate of drug-likeness (QED) is 0.853. The molecule has 0 bridgehead atoms. The van der Waals surface area contributed by atoms with Crippen LogP contribution < -0.4 is 5.73 Å². The highest BCUT2D eigenvalue weighted by Crippen LogP contribution is 2.27. The highest BCUT2D eigenvalue weighted by Gasteiger charge is 2.25. The minimum atomic E-state index is -4.15. The molecule has 20 heavy (non-hydrogen) atoms. The molecule has 0 unspecified atom stereocenters. The molecular formula is C13H10BrF2NO2S. The summed E-state index contributed by atoms with van der Waals surface area (Å²) in [5.41, 5.74) is 5.52. The van der Waals surface area contributed by atoms with Crippen molar-refractivity contribution in [2.24, 2.45) is 0 Å². The molecule has 0 aliphatic heterocycles. The lowest BCUT2D eigenvalue weighted by atomic mass is 10.2. The van der Waals surface area contributed by atoms with Crippen LogP contribution in [0.4, 0.5) is 14.5 Å². The fourth-order valence-electron chi connectivity index (χ4n) is 1.77. The fourth-order valence-corrected chi connectivity index (χ4v) is 3.90. The van der Waals surface area contributed by atoms with Gasteiger partial charge in [-0.05, 0) is 23.8 Å². The summed E-state index contributed by atoms with van der Waals surface area (Å²) in [7, 11) is -4.15. The second kappa shape index (κ2) is 5.49. The van der Waals surface area contributed by atoms with Crippen LogP contribution in [0.1, 0.15) is 5.56 Å². The van der Waals surface area contributed by atoms with Crippen LogP contribution in [-0.4, -0.2) is 8.42 Å². The molecule has 2 N–H and O–H groups in total. The van der Waals surface area contributed by atoms with Gasteiger partial charge in [0, 0.05) is 10.2 Å². The summed E-state index contributed by atoms with van der Waals surface area (Å²) >= 11 is 3.20. The fraction of sp³-hybridized carbons (Fsp3) is 0.0769. The third kappa shape index (κ3) is 2.99. The Bertz CT molecular complexity index is 740. The molecule has 0 amide bonds. The maximum Gasteiger partial charge on any atom is 0.188 e. The Labute approximate surface area is 123 Å². The second-order valence-corrected chi connectivity index (χ2v) is 6.94. The third-order valence-electron chi connectivity index (χ3n) is 2.63. The van der Waals surface area contributed by atoms with Crippen LogP contribution in [0, 0.1) is 11.6 Å². The highest BCUT2D eigenvalue weighted by atomic mass is 79.9. The number of sulfone groups is 1. The van der Waals surface area contributed by atoms with E-state index in [1.54, 1.807) is 24.3 Å². The molecule has 3 nitrogen and oxygen atoms in total. The summed E-state index contributed by atoms with van der Waals surface area (Å²) in [6.45, 7) is 0. The molecule has 0 saturated carbocycles. The summed E-state index contributed by atoms with van der Waals surface area (Å²) in [4.78, 5) is -0.956. The van der Waals surface area contributed by atoms with Crippen molar-refractivity contribution >= 4 is 31.5 Å². The van der Waals surface area contributed by atoms with E-state index in [9.17, 15) is 17.2 Å². The molecule has 0 aliphatic rings. The Balaban J connectivity index is 2.50. The van der Waals surface area contributed by atoms with Crippen LogP contribution in [0.15, 0.2) is 45.8 Å². The minimum absolute atomic E-state index is 0.167. The number of benzene rings is 2. The molecule has 2 aromatic carbocycles. The van der Waals surface area contributed by atoms with Gasteiger partial charge in [0.05, 0.1) is 5.75 Å². The predicted octanol–water partition coefficient (Wildman–Crippen LogP) is 3.28. The third-order valence-corrected chi connectivity index (χ3v) is 5.11. The standard InChI is InChI=1S/C13H10BrF2NO2S/c14-10-4-2-1-3-8(10)7-20(18,19)13-11(15)5-9(17)6-12(13)16/h1-6H,7,17H2. The van der Waals surface area contributed by atoms with Gasteiger partial charge in [0.15, 0.2) is 9.84 Å². The lowest BCUT2D eigenvalue weighted by molar-refractivity contribution is 0.520. The Morgan fingerprint density at radius 2 is 1.65 bits per heavy atom. The van der Waals surface area contributed by atoms with Gasteiger partial charge in [0.2, 0.25) is 0 Å². The number of anilines is 1. The average molecular weight is 362 g/mol. The summed E-state index contributed by atoms with van der Waals surface area (Å²) in [5, 5.41) is 0. The molecular weight excluding hydrogens is 352 g/mol. The van der Waals surface area contributed by atoms with Gasteiger partial charge < -0.3 is 5.73 Å². The molecule has 7 heteroatoms. The van der Waals surface area contributed by atoms with E-state index >= 15 is 0 Å². The Morgan fingerprint density at radius 3 is 2.20 bits per heavy atom. The van der Waals surface area contributed by atoms with E-state index in [1.165, 1.54) is 0 Å². The van der Waals surface area contributed by atoms with E-state index in [0.29, 0.717) is 10.0 Å². The van der Waals surface area contributed by atoms with Gasteiger partial charge in [0.25, 0.3) is 0 Å². The number of rotatable bonds is 3. The second-order valence-electron chi connectivity index (χ2n) is 4.16. The van der Waals surface area contributed by atoms with Gasteiger partial charge in [-0.3, -0.25) is 0 Å². The Morgan fingerprint density at radius 1 is 1.10 bits per heavy atom. The van der Waals surface area contributed by atoms with E-state index < -0.39 is 32.1 Å². The van der Waals surface area contributed by atoms with Gasteiger partial charge >= 0.3 is 0 Å². The molecule has 0 saturated heterocycles. The van der Waals surface area contributed by atoms with E-state index in [0.717, 1.165) is 12.1 Å². The molecule has 0 heterocycles. The van der Waals surface area contributed by atoms with E-state index in [-0.39, 0.29) is 5.69 Å². The first kappa shape index (κ1) is 14.9. The molecule has 2 aromatic rings. The monoisotopic (exact) mass is 361 g/mol. The largest absolute Gasteiger partial charge is 0.399 e. The maximum atomic E-state index is 13.7. The lowest BCUT2D eigenvalue weighted by Crippen LogP contribution is -2.11. The van der Waals surface area contributed by atoms with Crippen LogP contribution in [-0.2, 0) is 15.6 Å².